The Hall–Kier alpha value is -0.890. The summed E-state index contributed by atoms with van der Waals surface area (Å²) < 4.78 is 11.4. The molecule has 0 spiro atoms. The first-order valence-electron chi connectivity index (χ1n) is 3.53. The van der Waals surface area contributed by atoms with Crippen molar-refractivity contribution in [2.75, 3.05) is 0 Å². The highest BCUT2D eigenvalue weighted by atomic mass is 19.3. The average Bonchev–Trinajstić information content (AvgIpc) is 1.85. The van der Waals surface area contributed by atoms with Gasteiger partial charge in [0.25, 0.3) is 0 Å². The molecule has 11 heavy (non-hydrogen) atoms. The van der Waals surface area contributed by atoms with Crippen LogP contribution < -0.4 is 0 Å². The van der Waals surface area contributed by atoms with Crippen LogP contribution in [0.4, 0.5) is 4.53 Å². The number of hydrogen-bond donors (Lipinski definition) is 0. The summed E-state index contributed by atoms with van der Waals surface area (Å²) in [5, 5.41) is 0. The lowest BCUT2D eigenvalue weighted by Gasteiger charge is -2.00. The van der Waals surface area contributed by atoms with Gasteiger partial charge in [0.05, 0.1) is 0 Å². The molecule has 1 aromatic carbocycles. The summed E-state index contributed by atoms with van der Waals surface area (Å²) >= 11 is 0. The van der Waals surface area contributed by atoms with Gasteiger partial charge in [0.2, 0.25) is 0 Å². The van der Waals surface area contributed by atoms with Gasteiger partial charge in [0.15, 0.2) is 0 Å². The lowest BCUT2D eigenvalue weighted by molar-refractivity contribution is -0.144. The van der Waals surface area contributed by atoms with Crippen LogP contribution >= 0.6 is 0 Å². The summed E-state index contributed by atoms with van der Waals surface area (Å²) in [5.41, 5.74) is 3.15. The zero-order valence-corrected chi connectivity index (χ0v) is 6.73. The van der Waals surface area contributed by atoms with Gasteiger partial charge in [-0.3, -0.25) is 0 Å². The topological polar surface area (TPSA) is 9.23 Å². The van der Waals surface area contributed by atoms with Gasteiger partial charge in [-0.15, -0.1) is 0 Å². The summed E-state index contributed by atoms with van der Waals surface area (Å²) in [5.74, 6) is 0. The number of benzene rings is 1. The molecule has 0 saturated heterocycles. The lowest BCUT2D eigenvalue weighted by atomic mass is 10.1. The second kappa shape index (κ2) is 3.49. The van der Waals surface area contributed by atoms with Crippen molar-refractivity contribution in [2.24, 2.45) is 0 Å². The normalized spacial score (nSPS) is 10.1. The molecule has 0 heterocycles. The summed E-state index contributed by atoms with van der Waals surface area (Å²) in [4.78, 5) is 3.54. The molecule has 0 atom stereocenters. The predicted octanol–water partition coefficient (Wildman–Crippen LogP) is 2.70. The molecule has 60 valence electrons. The van der Waals surface area contributed by atoms with Crippen LogP contribution in [0, 0.1) is 13.8 Å². The molecule has 0 saturated carbocycles. The fraction of sp³-hybridized carbons (Fsp3) is 0.333. The summed E-state index contributed by atoms with van der Waals surface area (Å²) in [6, 6.07) is 5.86. The lowest BCUT2D eigenvalue weighted by Crippen LogP contribution is -1.87. The van der Waals surface area contributed by atoms with Gasteiger partial charge in [-0.2, -0.15) is 4.94 Å². The summed E-state index contributed by atoms with van der Waals surface area (Å²) in [6.07, 6.45) is 0. The molecule has 0 unspecified atom stereocenters. The van der Waals surface area contributed by atoms with E-state index in [1.54, 1.807) is 0 Å². The Labute approximate surface area is 65.7 Å². The third-order valence-corrected chi connectivity index (χ3v) is 1.50. The van der Waals surface area contributed by atoms with E-state index in [2.05, 4.69) is 4.94 Å². The summed E-state index contributed by atoms with van der Waals surface area (Å²) in [6.45, 7) is 4.01. The molecule has 0 aliphatic carbocycles. The molecular weight excluding hydrogens is 143 g/mol. The standard InChI is InChI=1S/C9H11FO/c1-7-3-8(2)5-9(4-7)6-11-10/h3-5H,6H2,1-2H3. The Morgan fingerprint density at radius 2 is 1.73 bits per heavy atom. The van der Waals surface area contributed by atoms with Gasteiger partial charge >= 0.3 is 0 Å². The van der Waals surface area contributed by atoms with E-state index in [9.17, 15) is 4.53 Å². The van der Waals surface area contributed by atoms with Crippen molar-refractivity contribution in [3.05, 3.63) is 34.9 Å². The second-order valence-corrected chi connectivity index (χ2v) is 2.75. The Morgan fingerprint density at radius 1 is 1.18 bits per heavy atom. The highest BCUT2D eigenvalue weighted by Gasteiger charge is 1.95. The molecule has 0 fully saturated rings. The van der Waals surface area contributed by atoms with E-state index in [1.807, 2.05) is 32.0 Å². The Balaban J connectivity index is 2.89. The third-order valence-electron chi connectivity index (χ3n) is 1.50. The first-order chi connectivity index (χ1) is 5.22. The van der Waals surface area contributed by atoms with E-state index >= 15 is 0 Å². The van der Waals surface area contributed by atoms with E-state index in [-0.39, 0.29) is 6.61 Å². The highest BCUT2D eigenvalue weighted by molar-refractivity contribution is 5.27. The minimum absolute atomic E-state index is 0.0442. The number of aryl methyl sites for hydroxylation is 2. The third kappa shape index (κ3) is 2.31. The van der Waals surface area contributed by atoms with E-state index in [0.29, 0.717) is 0 Å². The van der Waals surface area contributed by atoms with Crippen molar-refractivity contribution in [1.29, 1.82) is 0 Å². The predicted molar refractivity (Wildman–Crippen MR) is 41.8 cm³/mol. The molecular formula is C9H11FO. The van der Waals surface area contributed by atoms with E-state index in [1.165, 1.54) is 0 Å². The maximum atomic E-state index is 11.4. The quantitative estimate of drug-likeness (QED) is 0.636. The van der Waals surface area contributed by atoms with Crippen molar-refractivity contribution in [1.82, 2.24) is 0 Å². The zero-order valence-electron chi connectivity index (χ0n) is 6.73. The highest BCUT2D eigenvalue weighted by Crippen LogP contribution is 2.09. The first-order valence-corrected chi connectivity index (χ1v) is 3.53. The van der Waals surface area contributed by atoms with Crippen molar-refractivity contribution in [2.45, 2.75) is 20.5 Å². The maximum Gasteiger partial charge on any atom is 0.113 e. The van der Waals surface area contributed by atoms with Gasteiger partial charge in [0, 0.05) is 0 Å². The van der Waals surface area contributed by atoms with Crippen LogP contribution in [0.15, 0.2) is 18.2 Å². The van der Waals surface area contributed by atoms with Crippen molar-refractivity contribution in [3.8, 4) is 0 Å². The maximum absolute atomic E-state index is 11.4. The van der Waals surface area contributed by atoms with Crippen LogP contribution in [0.3, 0.4) is 0 Å². The van der Waals surface area contributed by atoms with Crippen LogP contribution in [0.2, 0.25) is 0 Å². The molecule has 0 amide bonds. The Bertz CT molecular complexity index is 225. The average molecular weight is 154 g/mol. The number of rotatable bonds is 2. The van der Waals surface area contributed by atoms with Crippen molar-refractivity contribution >= 4 is 0 Å². The fourth-order valence-electron chi connectivity index (χ4n) is 1.22. The molecule has 0 aliphatic heterocycles. The van der Waals surface area contributed by atoms with Gasteiger partial charge in [-0.05, 0) is 23.9 Å². The molecule has 0 radical (unpaired) electrons. The number of hydrogen-bond acceptors (Lipinski definition) is 1. The fourth-order valence-corrected chi connectivity index (χ4v) is 1.22. The SMILES string of the molecule is Cc1cc(C)cc(COF)c1. The minimum atomic E-state index is 0.0442. The second-order valence-electron chi connectivity index (χ2n) is 2.75. The molecule has 0 aliphatic rings. The van der Waals surface area contributed by atoms with Crippen LogP contribution in [-0.4, -0.2) is 0 Å². The Kier molecular flexibility index (Phi) is 2.60. The van der Waals surface area contributed by atoms with Crippen molar-refractivity contribution < 1.29 is 9.47 Å². The largest absolute Gasteiger partial charge is 0.189 e. The smallest absolute Gasteiger partial charge is 0.113 e. The molecule has 2 heteroatoms. The molecule has 0 N–H and O–H groups in total. The molecule has 1 rings (SSSR count). The van der Waals surface area contributed by atoms with Crippen LogP contribution in [0.5, 0.6) is 0 Å². The van der Waals surface area contributed by atoms with Crippen LogP contribution in [-0.2, 0) is 11.5 Å². The van der Waals surface area contributed by atoms with Crippen LogP contribution in [0.25, 0.3) is 0 Å². The minimum Gasteiger partial charge on any atom is -0.189 e. The number of halogens is 1. The van der Waals surface area contributed by atoms with E-state index in [4.69, 9.17) is 0 Å². The van der Waals surface area contributed by atoms with Gasteiger partial charge in [0.1, 0.15) is 6.61 Å². The van der Waals surface area contributed by atoms with Crippen LogP contribution in [0.1, 0.15) is 16.7 Å². The summed E-state index contributed by atoms with van der Waals surface area (Å²) in [7, 11) is 0. The Morgan fingerprint density at radius 3 is 2.18 bits per heavy atom. The van der Waals surface area contributed by atoms with Gasteiger partial charge in [-0.1, -0.05) is 29.3 Å². The van der Waals surface area contributed by atoms with E-state index < -0.39 is 0 Å². The van der Waals surface area contributed by atoms with Gasteiger partial charge in [-0.25, -0.2) is 0 Å². The van der Waals surface area contributed by atoms with Gasteiger partial charge < -0.3 is 0 Å². The zero-order chi connectivity index (χ0) is 8.27. The monoisotopic (exact) mass is 154 g/mol. The van der Waals surface area contributed by atoms with E-state index in [0.717, 1.165) is 16.7 Å². The van der Waals surface area contributed by atoms with Crippen molar-refractivity contribution in [3.63, 3.8) is 0 Å². The molecule has 0 bridgehead atoms. The molecule has 1 aromatic rings. The molecule has 1 nitrogen and oxygen atoms in total. The molecule has 0 aromatic heterocycles. The first kappa shape index (κ1) is 8.21.